The number of carbonyl (C=O) groups is 2. The Labute approximate surface area is 120 Å². The van der Waals surface area contributed by atoms with Crippen LogP contribution in [0.2, 0.25) is 0 Å². The molecule has 0 aliphatic heterocycles. The van der Waals surface area contributed by atoms with Crippen molar-refractivity contribution >= 4 is 17.6 Å². The van der Waals surface area contributed by atoms with E-state index in [4.69, 9.17) is 5.11 Å². The molecular formula is C15H13NO5. The number of phenols is 2. The topological polar surface area (TPSA) is 107 Å². The van der Waals surface area contributed by atoms with Gasteiger partial charge >= 0.3 is 5.97 Å². The molecule has 0 atom stereocenters. The smallest absolute Gasteiger partial charge is 0.336 e. The van der Waals surface area contributed by atoms with Gasteiger partial charge in [-0.25, -0.2) is 4.79 Å². The van der Waals surface area contributed by atoms with Gasteiger partial charge in [0.1, 0.15) is 11.5 Å². The number of hydrogen-bond donors (Lipinski definition) is 4. The van der Waals surface area contributed by atoms with E-state index in [-0.39, 0.29) is 22.6 Å². The van der Waals surface area contributed by atoms with Crippen molar-refractivity contribution in [1.82, 2.24) is 0 Å². The molecule has 0 fully saturated rings. The number of benzene rings is 2. The summed E-state index contributed by atoms with van der Waals surface area (Å²) in [5, 5.41) is 30.3. The first-order valence-corrected chi connectivity index (χ1v) is 6.06. The van der Waals surface area contributed by atoms with Gasteiger partial charge in [-0.15, -0.1) is 0 Å². The molecule has 0 heterocycles. The summed E-state index contributed by atoms with van der Waals surface area (Å²) < 4.78 is 0. The van der Waals surface area contributed by atoms with Crippen LogP contribution in [0, 0.1) is 6.92 Å². The number of anilines is 1. The Morgan fingerprint density at radius 2 is 1.67 bits per heavy atom. The Morgan fingerprint density at radius 3 is 2.24 bits per heavy atom. The van der Waals surface area contributed by atoms with Crippen molar-refractivity contribution in [2.24, 2.45) is 0 Å². The number of aromatic hydroxyl groups is 2. The zero-order chi connectivity index (χ0) is 15.6. The van der Waals surface area contributed by atoms with Crippen LogP contribution in [0.15, 0.2) is 36.4 Å². The normalized spacial score (nSPS) is 10.1. The predicted molar refractivity (Wildman–Crippen MR) is 75.9 cm³/mol. The summed E-state index contributed by atoms with van der Waals surface area (Å²) in [6.45, 7) is 1.58. The molecule has 0 aromatic heterocycles. The number of rotatable bonds is 3. The van der Waals surface area contributed by atoms with Gasteiger partial charge in [0.05, 0.1) is 5.56 Å². The number of carboxylic acids is 1. The number of carboxylic acid groups (broad SMARTS) is 1. The third kappa shape index (κ3) is 3.11. The zero-order valence-electron chi connectivity index (χ0n) is 11.1. The molecule has 4 N–H and O–H groups in total. The van der Waals surface area contributed by atoms with Gasteiger partial charge < -0.3 is 20.6 Å². The fourth-order valence-electron chi connectivity index (χ4n) is 1.92. The number of aromatic carboxylic acids is 1. The van der Waals surface area contributed by atoms with E-state index >= 15 is 0 Å². The molecule has 108 valence electrons. The summed E-state index contributed by atoms with van der Waals surface area (Å²) in [6, 6.07) is 8.03. The Morgan fingerprint density at radius 1 is 1.05 bits per heavy atom. The van der Waals surface area contributed by atoms with Gasteiger partial charge in [-0.2, -0.15) is 0 Å². The van der Waals surface area contributed by atoms with Crippen LogP contribution in [0.4, 0.5) is 5.69 Å². The van der Waals surface area contributed by atoms with Crippen LogP contribution in [0.5, 0.6) is 11.5 Å². The lowest BCUT2D eigenvalue weighted by Crippen LogP contribution is -2.14. The number of nitrogens with one attached hydrogen (secondary N) is 1. The molecule has 6 heteroatoms. The Kier molecular flexibility index (Phi) is 3.80. The average Bonchev–Trinajstić information content (AvgIpc) is 2.39. The van der Waals surface area contributed by atoms with Crippen molar-refractivity contribution in [1.29, 1.82) is 0 Å². The first-order chi connectivity index (χ1) is 9.88. The lowest BCUT2D eigenvalue weighted by molar-refractivity contribution is 0.0695. The Hall–Kier alpha value is -3.02. The molecule has 0 radical (unpaired) electrons. The van der Waals surface area contributed by atoms with Crippen LogP contribution in [0.25, 0.3) is 0 Å². The van der Waals surface area contributed by atoms with Crippen LogP contribution >= 0.6 is 0 Å². The van der Waals surface area contributed by atoms with Crippen LogP contribution in [0.3, 0.4) is 0 Å². The van der Waals surface area contributed by atoms with Crippen LogP contribution in [-0.4, -0.2) is 27.2 Å². The number of hydrogen-bond acceptors (Lipinski definition) is 4. The summed E-state index contributed by atoms with van der Waals surface area (Å²) in [5.41, 5.74) is 0.921. The molecule has 0 saturated carbocycles. The fraction of sp³-hybridized carbons (Fsp3) is 0.0667. The van der Waals surface area contributed by atoms with E-state index in [9.17, 15) is 19.8 Å². The van der Waals surface area contributed by atoms with Crippen molar-refractivity contribution < 1.29 is 24.9 Å². The van der Waals surface area contributed by atoms with E-state index in [1.807, 2.05) is 0 Å². The van der Waals surface area contributed by atoms with Gasteiger partial charge in [-0.1, -0.05) is 6.07 Å². The van der Waals surface area contributed by atoms with E-state index in [1.165, 1.54) is 24.3 Å². The molecule has 2 rings (SSSR count). The molecule has 0 aliphatic rings. The largest absolute Gasteiger partial charge is 0.508 e. The SMILES string of the molecule is Cc1c(NC(=O)c2cc(O)cc(O)c2)cccc1C(=O)O. The van der Waals surface area contributed by atoms with Crippen LogP contribution < -0.4 is 5.32 Å². The summed E-state index contributed by atoms with van der Waals surface area (Å²) >= 11 is 0. The molecule has 6 nitrogen and oxygen atoms in total. The van der Waals surface area contributed by atoms with Gasteiger partial charge in [-0.3, -0.25) is 4.79 Å². The maximum absolute atomic E-state index is 12.1. The summed E-state index contributed by atoms with van der Waals surface area (Å²) in [6.07, 6.45) is 0. The van der Waals surface area contributed by atoms with Crippen LogP contribution in [-0.2, 0) is 0 Å². The lowest BCUT2D eigenvalue weighted by atomic mass is 10.1. The van der Waals surface area contributed by atoms with E-state index in [0.717, 1.165) is 6.07 Å². The first kappa shape index (κ1) is 14.4. The highest BCUT2D eigenvalue weighted by molar-refractivity contribution is 6.06. The van der Waals surface area contributed by atoms with Crippen LogP contribution in [0.1, 0.15) is 26.3 Å². The Bertz CT molecular complexity index is 704. The highest BCUT2D eigenvalue weighted by atomic mass is 16.4. The van der Waals surface area contributed by atoms with Crippen molar-refractivity contribution in [2.45, 2.75) is 6.92 Å². The highest BCUT2D eigenvalue weighted by Gasteiger charge is 2.14. The minimum atomic E-state index is -1.08. The van der Waals surface area contributed by atoms with E-state index in [1.54, 1.807) is 13.0 Å². The van der Waals surface area contributed by atoms with Crippen molar-refractivity contribution in [3.05, 3.63) is 53.1 Å². The number of phenolic OH excluding ortho intramolecular Hbond substituents is 2. The van der Waals surface area contributed by atoms with Crippen molar-refractivity contribution in [3.8, 4) is 11.5 Å². The van der Waals surface area contributed by atoms with Gasteiger partial charge in [0.15, 0.2) is 0 Å². The second-order valence-corrected chi connectivity index (χ2v) is 4.48. The van der Waals surface area contributed by atoms with E-state index in [0.29, 0.717) is 11.3 Å². The van der Waals surface area contributed by atoms with Gasteiger partial charge in [-0.05, 0) is 36.8 Å². The first-order valence-electron chi connectivity index (χ1n) is 6.06. The molecule has 0 saturated heterocycles. The number of amides is 1. The molecule has 2 aromatic rings. The molecule has 0 unspecified atom stereocenters. The third-order valence-corrected chi connectivity index (χ3v) is 2.98. The highest BCUT2D eigenvalue weighted by Crippen LogP contribution is 2.23. The lowest BCUT2D eigenvalue weighted by Gasteiger charge is -2.10. The molecule has 2 aromatic carbocycles. The van der Waals surface area contributed by atoms with Gasteiger partial charge in [0.2, 0.25) is 0 Å². The zero-order valence-corrected chi connectivity index (χ0v) is 11.1. The molecule has 21 heavy (non-hydrogen) atoms. The summed E-state index contributed by atoms with van der Waals surface area (Å²) in [7, 11) is 0. The standard InChI is InChI=1S/C15H13NO5/c1-8-12(15(20)21)3-2-4-13(8)16-14(19)9-5-10(17)7-11(18)6-9/h2-7,17-18H,1H3,(H,16,19)(H,20,21). The van der Waals surface area contributed by atoms with Gasteiger partial charge in [0, 0.05) is 17.3 Å². The average molecular weight is 287 g/mol. The van der Waals surface area contributed by atoms with Gasteiger partial charge in [0.25, 0.3) is 5.91 Å². The monoisotopic (exact) mass is 287 g/mol. The van der Waals surface area contributed by atoms with E-state index in [2.05, 4.69) is 5.32 Å². The van der Waals surface area contributed by atoms with Crippen molar-refractivity contribution in [3.63, 3.8) is 0 Å². The summed E-state index contributed by atoms with van der Waals surface area (Å²) in [4.78, 5) is 23.1. The second kappa shape index (κ2) is 5.54. The minimum Gasteiger partial charge on any atom is -0.508 e. The van der Waals surface area contributed by atoms with E-state index < -0.39 is 11.9 Å². The molecule has 0 bridgehead atoms. The predicted octanol–water partition coefficient (Wildman–Crippen LogP) is 2.36. The molecule has 0 aliphatic carbocycles. The fourth-order valence-corrected chi connectivity index (χ4v) is 1.92. The summed E-state index contributed by atoms with van der Waals surface area (Å²) in [5.74, 6) is -2.13. The quantitative estimate of drug-likeness (QED) is 0.693. The Balaban J connectivity index is 2.32. The second-order valence-electron chi connectivity index (χ2n) is 4.48. The number of carbonyl (C=O) groups excluding carboxylic acids is 1. The molecule has 1 amide bonds. The third-order valence-electron chi connectivity index (χ3n) is 2.98. The molecular weight excluding hydrogens is 274 g/mol. The van der Waals surface area contributed by atoms with Crippen molar-refractivity contribution in [2.75, 3.05) is 5.32 Å². The maximum Gasteiger partial charge on any atom is 0.336 e. The maximum atomic E-state index is 12.1. The minimum absolute atomic E-state index is 0.0626. The molecule has 0 spiro atoms.